The van der Waals surface area contributed by atoms with Crippen molar-refractivity contribution in [1.82, 2.24) is 30.2 Å². The third-order valence-corrected chi connectivity index (χ3v) is 4.96. The average molecular weight is 430 g/mol. The predicted octanol–water partition coefficient (Wildman–Crippen LogP) is 2.90. The van der Waals surface area contributed by atoms with Crippen LogP contribution in [0.4, 0.5) is 0 Å². The minimum atomic E-state index is -0.682. The number of carbonyl (C=O) groups is 1. The van der Waals surface area contributed by atoms with Crippen LogP contribution in [0.15, 0.2) is 30.6 Å². The quantitative estimate of drug-likeness (QED) is 0.528. The van der Waals surface area contributed by atoms with Crippen LogP contribution in [0.3, 0.4) is 0 Å². The van der Waals surface area contributed by atoms with Crippen LogP contribution in [0.2, 0.25) is 10.0 Å². The molecule has 0 aliphatic rings. The number of nitrogens with zero attached hydrogens (tertiary/aromatic N) is 6. The number of halogens is 2. The average Bonchev–Trinajstić information content (AvgIpc) is 3.12. The number of benzene rings is 1. The molecule has 3 heterocycles. The first-order valence-corrected chi connectivity index (χ1v) is 9.01. The van der Waals surface area contributed by atoms with Crippen molar-refractivity contribution in [1.29, 1.82) is 0 Å². The molecule has 2 N–H and O–H groups in total. The SMILES string of the molecule is COc1ccc(-c2c(Cl)cncc2Cl)c2cc(C(N)=O)c(-c3nnnn3C)nc12. The second kappa shape index (κ2) is 7.26. The van der Waals surface area contributed by atoms with Gasteiger partial charge < -0.3 is 10.5 Å². The lowest BCUT2D eigenvalue weighted by molar-refractivity contribution is 0.100. The van der Waals surface area contributed by atoms with Gasteiger partial charge in [-0.1, -0.05) is 23.2 Å². The van der Waals surface area contributed by atoms with Crippen molar-refractivity contribution in [3.05, 3.63) is 46.2 Å². The number of hydrogen-bond donors (Lipinski definition) is 1. The van der Waals surface area contributed by atoms with Gasteiger partial charge in [-0.25, -0.2) is 9.67 Å². The van der Waals surface area contributed by atoms with Crippen LogP contribution in [0, 0.1) is 0 Å². The lowest BCUT2D eigenvalue weighted by atomic mass is 9.98. The molecule has 4 rings (SSSR count). The summed E-state index contributed by atoms with van der Waals surface area (Å²) in [4.78, 5) is 20.8. The first kappa shape index (κ1) is 19.0. The van der Waals surface area contributed by atoms with Gasteiger partial charge in [-0.15, -0.1) is 5.10 Å². The van der Waals surface area contributed by atoms with E-state index in [-0.39, 0.29) is 17.1 Å². The highest BCUT2D eigenvalue weighted by Gasteiger charge is 2.22. The van der Waals surface area contributed by atoms with Crippen LogP contribution in [-0.2, 0) is 7.05 Å². The molecule has 3 aromatic heterocycles. The number of fused-ring (bicyclic) bond motifs is 1. The number of carbonyl (C=O) groups excluding carboxylic acids is 1. The van der Waals surface area contributed by atoms with Crippen LogP contribution in [0.5, 0.6) is 5.75 Å². The minimum Gasteiger partial charge on any atom is -0.494 e. The topological polar surface area (TPSA) is 122 Å². The molecule has 0 saturated carbocycles. The molecular weight excluding hydrogens is 417 g/mol. The molecule has 0 radical (unpaired) electrons. The number of tetrazole rings is 1. The Hall–Kier alpha value is -3.30. The Morgan fingerprint density at radius 1 is 1.21 bits per heavy atom. The fourth-order valence-corrected chi connectivity index (χ4v) is 3.64. The van der Waals surface area contributed by atoms with Gasteiger partial charge in [0, 0.05) is 30.4 Å². The maximum absolute atomic E-state index is 12.2. The minimum absolute atomic E-state index is 0.145. The van der Waals surface area contributed by atoms with Crippen molar-refractivity contribution < 1.29 is 9.53 Å². The van der Waals surface area contributed by atoms with Crippen LogP contribution in [0.25, 0.3) is 33.5 Å². The summed E-state index contributed by atoms with van der Waals surface area (Å²) in [5.41, 5.74) is 7.69. The van der Waals surface area contributed by atoms with Gasteiger partial charge in [0.15, 0.2) is 0 Å². The third kappa shape index (κ3) is 3.14. The first-order valence-electron chi connectivity index (χ1n) is 8.26. The number of aromatic nitrogens is 6. The molecule has 146 valence electrons. The number of nitrogens with two attached hydrogens (primary N) is 1. The zero-order valence-corrected chi connectivity index (χ0v) is 16.7. The normalized spacial score (nSPS) is 11.0. The zero-order valence-electron chi connectivity index (χ0n) is 15.2. The fraction of sp³-hybridized carbons (Fsp3) is 0.111. The van der Waals surface area contributed by atoms with E-state index in [0.717, 1.165) is 0 Å². The van der Waals surface area contributed by atoms with Crippen molar-refractivity contribution in [3.63, 3.8) is 0 Å². The summed E-state index contributed by atoms with van der Waals surface area (Å²) < 4.78 is 6.86. The van der Waals surface area contributed by atoms with E-state index in [4.69, 9.17) is 33.7 Å². The smallest absolute Gasteiger partial charge is 0.251 e. The molecule has 9 nitrogen and oxygen atoms in total. The molecular formula is C18H13Cl2N7O2. The van der Waals surface area contributed by atoms with E-state index in [0.29, 0.717) is 37.8 Å². The van der Waals surface area contributed by atoms with E-state index in [9.17, 15) is 4.79 Å². The number of aryl methyl sites for hydroxylation is 1. The van der Waals surface area contributed by atoms with Crippen molar-refractivity contribution in [3.8, 4) is 28.4 Å². The van der Waals surface area contributed by atoms with E-state index in [2.05, 4.69) is 25.5 Å². The lowest BCUT2D eigenvalue weighted by Gasteiger charge is -2.15. The molecule has 29 heavy (non-hydrogen) atoms. The van der Waals surface area contributed by atoms with Crippen molar-refractivity contribution in [2.45, 2.75) is 0 Å². The summed E-state index contributed by atoms with van der Waals surface area (Å²) in [6.07, 6.45) is 2.97. The zero-order chi connectivity index (χ0) is 20.7. The molecule has 0 spiro atoms. The van der Waals surface area contributed by atoms with Crippen molar-refractivity contribution >= 4 is 40.0 Å². The summed E-state index contributed by atoms with van der Waals surface area (Å²) >= 11 is 12.7. The Morgan fingerprint density at radius 2 is 1.93 bits per heavy atom. The Kier molecular flexibility index (Phi) is 4.77. The maximum atomic E-state index is 12.2. The van der Waals surface area contributed by atoms with Gasteiger partial charge in [0.05, 0.1) is 22.7 Å². The number of pyridine rings is 2. The molecule has 0 saturated heterocycles. The second-order valence-electron chi connectivity index (χ2n) is 6.06. The number of methoxy groups -OCH3 is 1. The van der Waals surface area contributed by atoms with Gasteiger partial charge in [-0.05, 0) is 34.2 Å². The number of primary amides is 1. The Labute approximate surface area is 174 Å². The molecule has 0 atom stereocenters. The van der Waals surface area contributed by atoms with Gasteiger partial charge in [0.1, 0.15) is 17.0 Å². The van der Waals surface area contributed by atoms with Crippen molar-refractivity contribution in [2.24, 2.45) is 12.8 Å². The summed E-state index contributed by atoms with van der Waals surface area (Å²) in [5, 5.41) is 12.6. The standard InChI is InChI=1S/C18H13Cl2N7O2/c1-27-18(24-25-26-27)16-10(17(21)28)5-9-8(3-4-13(29-2)15(9)23-16)14-11(19)6-22-7-12(14)20/h3-7H,1-2H3,(H2,21,28). The van der Waals surface area contributed by atoms with E-state index in [1.54, 1.807) is 25.2 Å². The molecule has 1 amide bonds. The summed E-state index contributed by atoms with van der Waals surface area (Å²) in [6.45, 7) is 0. The molecule has 11 heteroatoms. The van der Waals surface area contributed by atoms with Crippen molar-refractivity contribution in [2.75, 3.05) is 7.11 Å². The van der Waals surface area contributed by atoms with E-state index in [1.807, 2.05) is 0 Å². The second-order valence-corrected chi connectivity index (χ2v) is 6.88. The number of amides is 1. The summed E-state index contributed by atoms with van der Waals surface area (Å²) in [5.74, 6) is 0.0867. The molecule has 0 aliphatic carbocycles. The van der Waals surface area contributed by atoms with Crippen LogP contribution in [-0.4, -0.2) is 43.2 Å². The van der Waals surface area contributed by atoms with Gasteiger partial charge >= 0.3 is 0 Å². The molecule has 0 aliphatic heterocycles. The fourth-order valence-electron chi connectivity index (χ4n) is 3.07. The van der Waals surface area contributed by atoms with Gasteiger partial charge in [-0.3, -0.25) is 9.78 Å². The Morgan fingerprint density at radius 3 is 2.52 bits per heavy atom. The molecule has 0 fully saturated rings. The Bertz CT molecular complexity index is 1250. The van der Waals surface area contributed by atoms with E-state index in [1.165, 1.54) is 24.2 Å². The highest BCUT2D eigenvalue weighted by molar-refractivity contribution is 6.39. The predicted molar refractivity (Wildman–Crippen MR) is 108 cm³/mol. The monoisotopic (exact) mass is 429 g/mol. The van der Waals surface area contributed by atoms with Gasteiger partial charge in [0.25, 0.3) is 5.91 Å². The molecule has 0 bridgehead atoms. The summed E-state index contributed by atoms with van der Waals surface area (Å²) in [6, 6.07) is 5.13. The first-order chi connectivity index (χ1) is 13.9. The number of ether oxygens (including phenoxy) is 1. The highest BCUT2D eigenvalue weighted by Crippen LogP contribution is 2.41. The van der Waals surface area contributed by atoms with Gasteiger partial charge in [-0.2, -0.15) is 0 Å². The molecule has 4 aromatic rings. The third-order valence-electron chi connectivity index (χ3n) is 4.39. The van der Waals surface area contributed by atoms with Crippen LogP contribution >= 0.6 is 23.2 Å². The molecule has 1 aromatic carbocycles. The lowest BCUT2D eigenvalue weighted by Crippen LogP contribution is -2.15. The highest BCUT2D eigenvalue weighted by atomic mass is 35.5. The van der Waals surface area contributed by atoms with E-state index >= 15 is 0 Å². The van der Waals surface area contributed by atoms with Crippen LogP contribution < -0.4 is 10.5 Å². The van der Waals surface area contributed by atoms with E-state index < -0.39 is 5.91 Å². The number of rotatable bonds is 4. The van der Waals surface area contributed by atoms with Gasteiger partial charge in [0.2, 0.25) is 5.82 Å². The summed E-state index contributed by atoms with van der Waals surface area (Å²) in [7, 11) is 3.16. The Balaban J connectivity index is 2.13. The largest absolute Gasteiger partial charge is 0.494 e. The molecule has 0 unspecified atom stereocenters. The maximum Gasteiger partial charge on any atom is 0.251 e. The van der Waals surface area contributed by atoms with Crippen LogP contribution in [0.1, 0.15) is 10.4 Å². The number of hydrogen-bond acceptors (Lipinski definition) is 7.